The molecule has 25 heavy (non-hydrogen) atoms. The Bertz CT molecular complexity index is 1010. The fraction of sp³-hybridized carbons (Fsp3) is 0.100. The molecule has 0 spiro atoms. The fourth-order valence-electron chi connectivity index (χ4n) is 2.97. The first kappa shape index (κ1) is 15.5. The van der Waals surface area contributed by atoms with Gasteiger partial charge in [0.2, 0.25) is 0 Å². The van der Waals surface area contributed by atoms with E-state index in [1.54, 1.807) is 25.4 Å². The summed E-state index contributed by atoms with van der Waals surface area (Å²) in [4.78, 5) is 4.52. The van der Waals surface area contributed by atoms with Gasteiger partial charge in [0.15, 0.2) is 5.65 Å². The van der Waals surface area contributed by atoms with Crippen molar-refractivity contribution in [2.75, 3.05) is 7.11 Å². The predicted molar refractivity (Wildman–Crippen MR) is 94.5 cm³/mol. The number of fused-ring (bicyclic) bond motifs is 1. The van der Waals surface area contributed by atoms with E-state index in [4.69, 9.17) is 9.84 Å². The van der Waals surface area contributed by atoms with Crippen LogP contribution in [-0.4, -0.2) is 21.7 Å². The van der Waals surface area contributed by atoms with Crippen molar-refractivity contribution < 1.29 is 9.13 Å². The average molecular weight is 333 g/mol. The van der Waals surface area contributed by atoms with Gasteiger partial charge in [-0.3, -0.25) is 0 Å². The minimum atomic E-state index is -0.272. The summed E-state index contributed by atoms with van der Waals surface area (Å²) in [5.74, 6) is -0.272. The van der Waals surface area contributed by atoms with E-state index in [-0.39, 0.29) is 5.82 Å². The van der Waals surface area contributed by atoms with Crippen LogP contribution in [0.3, 0.4) is 0 Å². The third kappa shape index (κ3) is 2.79. The van der Waals surface area contributed by atoms with Gasteiger partial charge in [-0.2, -0.15) is 5.10 Å². The lowest BCUT2D eigenvalue weighted by atomic mass is 10.1. The van der Waals surface area contributed by atoms with Crippen molar-refractivity contribution in [2.45, 2.75) is 6.61 Å². The van der Waals surface area contributed by atoms with Gasteiger partial charge < -0.3 is 4.74 Å². The Morgan fingerprint density at radius 1 is 0.960 bits per heavy atom. The van der Waals surface area contributed by atoms with E-state index in [2.05, 4.69) is 4.98 Å². The Balaban J connectivity index is 1.99. The van der Waals surface area contributed by atoms with Crippen LogP contribution in [0.4, 0.5) is 4.39 Å². The van der Waals surface area contributed by atoms with E-state index in [0.29, 0.717) is 6.61 Å². The zero-order valence-electron chi connectivity index (χ0n) is 13.7. The standard InChI is InChI=1S/C20H16FN3O/c1-25-13-17-19(15-7-9-16(21)10-8-15)20-22-12-11-18(24(20)23-17)14-5-3-2-4-6-14/h2-12H,13H2,1H3. The lowest BCUT2D eigenvalue weighted by molar-refractivity contribution is 0.181. The van der Waals surface area contributed by atoms with Crippen molar-refractivity contribution in [3.05, 3.63) is 78.4 Å². The highest BCUT2D eigenvalue weighted by atomic mass is 19.1. The maximum atomic E-state index is 13.3. The van der Waals surface area contributed by atoms with Crippen molar-refractivity contribution >= 4 is 5.65 Å². The molecule has 0 bridgehead atoms. The lowest BCUT2D eigenvalue weighted by Gasteiger charge is -2.05. The molecule has 4 rings (SSSR count). The number of rotatable bonds is 4. The third-order valence-corrected chi connectivity index (χ3v) is 4.07. The van der Waals surface area contributed by atoms with Crippen molar-refractivity contribution in [3.8, 4) is 22.4 Å². The Morgan fingerprint density at radius 2 is 1.72 bits per heavy atom. The van der Waals surface area contributed by atoms with Gasteiger partial charge in [-0.25, -0.2) is 13.9 Å². The van der Waals surface area contributed by atoms with Crippen molar-refractivity contribution in [1.82, 2.24) is 14.6 Å². The number of aromatic nitrogens is 3. The maximum Gasteiger partial charge on any atom is 0.163 e. The molecule has 0 atom stereocenters. The number of hydrogen-bond donors (Lipinski definition) is 0. The van der Waals surface area contributed by atoms with E-state index < -0.39 is 0 Å². The van der Waals surface area contributed by atoms with Crippen LogP contribution in [0.5, 0.6) is 0 Å². The predicted octanol–water partition coefficient (Wildman–Crippen LogP) is 4.35. The number of ether oxygens (including phenoxy) is 1. The quantitative estimate of drug-likeness (QED) is 0.557. The highest BCUT2D eigenvalue weighted by Crippen LogP contribution is 2.30. The molecule has 0 saturated heterocycles. The van der Waals surface area contributed by atoms with Crippen LogP contribution in [-0.2, 0) is 11.3 Å². The molecule has 0 aliphatic rings. The van der Waals surface area contributed by atoms with Crippen LogP contribution in [0.1, 0.15) is 5.69 Å². The highest BCUT2D eigenvalue weighted by molar-refractivity contribution is 5.81. The summed E-state index contributed by atoms with van der Waals surface area (Å²) in [5, 5.41) is 4.71. The first-order valence-corrected chi connectivity index (χ1v) is 7.95. The lowest BCUT2D eigenvalue weighted by Crippen LogP contribution is -1.96. The largest absolute Gasteiger partial charge is 0.378 e. The Kier molecular flexibility index (Phi) is 3.99. The van der Waals surface area contributed by atoms with Crippen LogP contribution in [0.25, 0.3) is 28.0 Å². The molecule has 0 aliphatic heterocycles. The molecule has 0 saturated carbocycles. The summed E-state index contributed by atoms with van der Waals surface area (Å²) in [6.07, 6.45) is 1.77. The van der Waals surface area contributed by atoms with Crippen molar-refractivity contribution in [3.63, 3.8) is 0 Å². The van der Waals surface area contributed by atoms with E-state index in [0.717, 1.165) is 33.7 Å². The summed E-state index contributed by atoms with van der Waals surface area (Å²) in [7, 11) is 1.63. The van der Waals surface area contributed by atoms with Gasteiger partial charge in [-0.05, 0) is 23.8 Å². The normalized spacial score (nSPS) is 11.1. The van der Waals surface area contributed by atoms with E-state index >= 15 is 0 Å². The summed E-state index contributed by atoms with van der Waals surface area (Å²) in [6, 6.07) is 18.3. The summed E-state index contributed by atoms with van der Waals surface area (Å²) >= 11 is 0. The fourth-order valence-corrected chi connectivity index (χ4v) is 2.97. The molecule has 124 valence electrons. The van der Waals surface area contributed by atoms with Gasteiger partial charge in [0.1, 0.15) is 5.82 Å². The zero-order valence-corrected chi connectivity index (χ0v) is 13.7. The van der Waals surface area contributed by atoms with E-state index in [9.17, 15) is 4.39 Å². The molecule has 5 heteroatoms. The van der Waals surface area contributed by atoms with Gasteiger partial charge in [-0.1, -0.05) is 42.5 Å². The smallest absolute Gasteiger partial charge is 0.163 e. The van der Waals surface area contributed by atoms with E-state index in [1.807, 2.05) is 40.9 Å². The zero-order chi connectivity index (χ0) is 17.2. The SMILES string of the molecule is COCc1nn2c(-c3ccccc3)ccnc2c1-c1ccc(F)cc1. The van der Waals surface area contributed by atoms with Crippen LogP contribution < -0.4 is 0 Å². The molecule has 0 fully saturated rings. The van der Waals surface area contributed by atoms with Gasteiger partial charge in [0, 0.05) is 18.9 Å². The Hall–Kier alpha value is -3.05. The Labute approximate surface area is 144 Å². The van der Waals surface area contributed by atoms with Crippen molar-refractivity contribution in [1.29, 1.82) is 0 Å². The summed E-state index contributed by atoms with van der Waals surface area (Å²) in [5.41, 5.74) is 5.20. The summed E-state index contributed by atoms with van der Waals surface area (Å²) < 4.78 is 20.4. The highest BCUT2D eigenvalue weighted by Gasteiger charge is 2.18. The van der Waals surface area contributed by atoms with Gasteiger partial charge in [-0.15, -0.1) is 0 Å². The minimum absolute atomic E-state index is 0.272. The molecule has 2 heterocycles. The van der Waals surface area contributed by atoms with Crippen LogP contribution in [0, 0.1) is 5.82 Å². The molecule has 2 aromatic carbocycles. The van der Waals surface area contributed by atoms with Gasteiger partial charge >= 0.3 is 0 Å². The molecule has 0 unspecified atom stereocenters. The topological polar surface area (TPSA) is 39.4 Å². The Morgan fingerprint density at radius 3 is 2.44 bits per heavy atom. The van der Waals surface area contributed by atoms with Crippen LogP contribution in [0.2, 0.25) is 0 Å². The molecule has 2 aromatic heterocycles. The number of nitrogens with zero attached hydrogens (tertiary/aromatic N) is 3. The first-order chi connectivity index (χ1) is 12.3. The molecule has 0 N–H and O–H groups in total. The average Bonchev–Trinajstić information content (AvgIpc) is 3.01. The second kappa shape index (κ2) is 6.45. The summed E-state index contributed by atoms with van der Waals surface area (Å²) in [6.45, 7) is 0.351. The maximum absolute atomic E-state index is 13.3. The molecule has 0 aliphatic carbocycles. The monoisotopic (exact) mass is 333 g/mol. The van der Waals surface area contributed by atoms with Gasteiger partial charge in [0.25, 0.3) is 0 Å². The van der Waals surface area contributed by atoms with Crippen LogP contribution >= 0.6 is 0 Å². The molecule has 0 radical (unpaired) electrons. The second-order valence-corrected chi connectivity index (χ2v) is 5.69. The van der Waals surface area contributed by atoms with Crippen LogP contribution in [0.15, 0.2) is 66.9 Å². The first-order valence-electron chi connectivity index (χ1n) is 7.95. The number of methoxy groups -OCH3 is 1. The van der Waals surface area contributed by atoms with Crippen molar-refractivity contribution in [2.24, 2.45) is 0 Å². The third-order valence-electron chi connectivity index (χ3n) is 4.07. The molecule has 4 aromatic rings. The molecule has 0 amide bonds. The number of benzene rings is 2. The van der Waals surface area contributed by atoms with E-state index in [1.165, 1.54) is 12.1 Å². The molecule has 4 nitrogen and oxygen atoms in total. The minimum Gasteiger partial charge on any atom is -0.378 e. The molecular formula is C20H16FN3O. The van der Waals surface area contributed by atoms with Gasteiger partial charge in [0.05, 0.1) is 23.6 Å². The molecular weight excluding hydrogens is 317 g/mol. The second-order valence-electron chi connectivity index (χ2n) is 5.69. The number of hydrogen-bond acceptors (Lipinski definition) is 3. The number of halogens is 1.